The third-order valence-electron chi connectivity index (χ3n) is 3.37. The number of carbonyl (C=O) groups is 1. The number of halogens is 1. The van der Waals surface area contributed by atoms with Crippen LogP contribution in [-0.2, 0) is 4.79 Å². The molecule has 0 spiro atoms. The van der Waals surface area contributed by atoms with Gasteiger partial charge in [0.15, 0.2) is 0 Å². The fraction of sp³-hybridized carbons (Fsp3) is 0.588. The fourth-order valence-corrected chi connectivity index (χ4v) is 2.45. The van der Waals surface area contributed by atoms with Crippen molar-refractivity contribution >= 4 is 5.91 Å². The normalized spacial score (nSPS) is 14.6. The number of benzene rings is 1. The van der Waals surface area contributed by atoms with Crippen LogP contribution in [0.15, 0.2) is 24.3 Å². The van der Waals surface area contributed by atoms with Gasteiger partial charge in [-0.15, -0.1) is 0 Å². The minimum Gasteiger partial charge on any atom is -0.394 e. The second-order valence-electron chi connectivity index (χ2n) is 6.84. The molecular formula is C17H26FNO2. The molecule has 0 bridgehead atoms. The van der Waals surface area contributed by atoms with E-state index in [0.29, 0.717) is 12.0 Å². The zero-order valence-electron chi connectivity index (χ0n) is 13.3. The molecule has 0 aliphatic heterocycles. The molecule has 2 atom stereocenters. The average Bonchev–Trinajstić information content (AvgIpc) is 2.36. The van der Waals surface area contributed by atoms with E-state index in [9.17, 15) is 14.3 Å². The Bertz CT molecular complexity index is 468. The smallest absolute Gasteiger partial charge is 0.220 e. The van der Waals surface area contributed by atoms with E-state index < -0.39 is 0 Å². The van der Waals surface area contributed by atoms with Crippen molar-refractivity contribution in [1.29, 1.82) is 0 Å². The van der Waals surface area contributed by atoms with Crippen molar-refractivity contribution in [3.05, 3.63) is 35.6 Å². The number of aliphatic hydroxyl groups is 1. The van der Waals surface area contributed by atoms with Gasteiger partial charge >= 0.3 is 0 Å². The Morgan fingerprint density at radius 1 is 1.33 bits per heavy atom. The highest BCUT2D eigenvalue weighted by Crippen LogP contribution is 2.23. The van der Waals surface area contributed by atoms with Crippen molar-refractivity contribution in [3.63, 3.8) is 0 Å². The molecule has 118 valence electrons. The van der Waals surface area contributed by atoms with E-state index >= 15 is 0 Å². The summed E-state index contributed by atoms with van der Waals surface area (Å²) in [5, 5.41) is 12.2. The number of nitrogens with one attached hydrogen (secondary N) is 1. The molecule has 1 amide bonds. The Hall–Kier alpha value is -1.42. The number of aliphatic hydroxyl groups excluding tert-OH is 1. The van der Waals surface area contributed by atoms with Crippen LogP contribution in [0.3, 0.4) is 0 Å². The molecule has 4 heteroatoms. The van der Waals surface area contributed by atoms with E-state index in [1.165, 1.54) is 6.07 Å². The molecule has 1 aromatic rings. The lowest BCUT2D eigenvalue weighted by molar-refractivity contribution is -0.122. The fourth-order valence-electron chi connectivity index (χ4n) is 2.45. The first-order chi connectivity index (χ1) is 9.73. The maximum absolute atomic E-state index is 13.7. The third kappa shape index (κ3) is 6.25. The van der Waals surface area contributed by atoms with Gasteiger partial charge in [0.1, 0.15) is 5.82 Å². The summed E-state index contributed by atoms with van der Waals surface area (Å²) in [4.78, 5) is 12.0. The van der Waals surface area contributed by atoms with Crippen molar-refractivity contribution in [2.45, 2.75) is 52.5 Å². The zero-order valence-corrected chi connectivity index (χ0v) is 13.3. The lowest BCUT2D eigenvalue weighted by Gasteiger charge is -2.26. The van der Waals surface area contributed by atoms with Gasteiger partial charge in [0.05, 0.1) is 12.6 Å². The first-order valence-electron chi connectivity index (χ1n) is 7.37. The van der Waals surface area contributed by atoms with Gasteiger partial charge in [0.25, 0.3) is 0 Å². The Morgan fingerprint density at radius 3 is 2.48 bits per heavy atom. The van der Waals surface area contributed by atoms with Crippen molar-refractivity contribution < 1.29 is 14.3 Å². The van der Waals surface area contributed by atoms with Gasteiger partial charge in [-0.25, -0.2) is 4.39 Å². The Labute approximate surface area is 126 Å². The Balaban J connectivity index is 2.58. The molecule has 0 radical (unpaired) electrons. The molecule has 3 nitrogen and oxygen atoms in total. The number of carbonyl (C=O) groups excluding carboxylic acids is 1. The molecule has 0 aliphatic rings. The van der Waals surface area contributed by atoms with Gasteiger partial charge in [-0.3, -0.25) is 4.79 Å². The van der Waals surface area contributed by atoms with Crippen LogP contribution in [0.2, 0.25) is 0 Å². The lowest BCUT2D eigenvalue weighted by Crippen LogP contribution is -2.40. The van der Waals surface area contributed by atoms with Crippen LogP contribution in [0.5, 0.6) is 0 Å². The molecule has 0 aliphatic carbocycles. The van der Waals surface area contributed by atoms with Crippen molar-refractivity contribution in [1.82, 2.24) is 5.32 Å². The topological polar surface area (TPSA) is 49.3 Å². The molecule has 0 saturated carbocycles. The predicted octanol–water partition coefficient (Wildman–Crippen LogP) is 3.23. The van der Waals surface area contributed by atoms with Crippen LogP contribution in [0.4, 0.5) is 4.39 Å². The van der Waals surface area contributed by atoms with Crippen molar-refractivity contribution in [3.8, 4) is 0 Å². The van der Waals surface area contributed by atoms with Crippen LogP contribution in [0, 0.1) is 11.2 Å². The monoisotopic (exact) mass is 295 g/mol. The third-order valence-corrected chi connectivity index (χ3v) is 3.37. The molecule has 2 N–H and O–H groups in total. The van der Waals surface area contributed by atoms with E-state index in [4.69, 9.17) is 0 Å². The highest BCUT2D eigenvalue weighted by atomic mass is 19.1. The molecule has 1 rings (SSSR count). The van der Waals surface area contributed by atoms with Gasteiger partial charge in [-0.2, -0.15) is 0 Å². The molecule has 0 fully saturated rings. The first kappa shape index (κ1) is 17.6. The molecule has 21 heavy (non-hydrogen) atoms. The summed E-state index contributed by atoms with van der Waals surface area (Å²) in [6, 6.07) is 6.25. The average molecular weight is 295 g/mol. The molecule has 0 saturated heterocycles. The SMILES string of the molecule is CC(CC(=O)NC(CO)CC(C)(C)C)c1ccccc1F. The zero-order chi connectivity index (χ0) is 16.0. The molecule has 0 heterocycles. The molecule has 2 unspecified atom stereocenters. The largest absolute Gasteiger partial charge is 0.394 e. The van der Waals surface area contributed by atoms with Crippen molar-refractivity contribution in [2.75, 3.05) is 6.61 Å². The summed E-state index contributed by atoms with van der Waals surface area (Å²) in [5.41, 5.74) is 0.571. The Morgan fingerprint density at radius 2 is 1.95 bits per heavy atom. The van der Waals surface area contributed by atoms with Crippen molar-refractivity contribution in [2.24, 2.45) is 5.41 Å². The van der Waals surface area contributed by atoms with E-state index in [-0.39, 0.29) is 42.1 Å². The maximum Gasteiger partial charge on any atom is 0.220 e. The number of amides is 1. The molecule has 0 aromatic heterocycles. The summed E-state index contributed by atoms with van der Waals surface area (Å²) in [7, 11) is 0. The number of rotatable bonds is 6. The number of hydrogen-bond donors (Lipinski definition) is 2. The van der Waals surface area contributed by atoms with E-state index in [1.54, 1.807) is 18.2 Å². The second-order valence-corrected chi connectivity index (χ2v) is 6.84. The summed E-state index contributed by atoms with van der Waals surface area (Å²) in [6.07, 6.45) is 0.908. The van der Waals surface area contributed by atoms with Gasteiger partial charge in [-0.05, 0) is 29.4 Å². The lowest BCUT2D eigenvalue weighted by atomic mass is 9.88. The highest BCUT2D eigenvalue weighted by Gasteiger charge is 2.21. The minimum atomic E-state index is -0.286. The predicted molar refractivity (Wildman–Crippen MR) is 82.5 cm³/mol. The summed E-state index contributed by atoms with van der Waals surface area (Å²) >= 11 is 0. The van der Waals surface area contributed by atoms with Gasteiger partial charge in [-0.1, -0.05) is 45.9 Å². The molecule has 1 aromatic carbocycles. The van der Waals surface area contributed by atoms with Crippen LogP contribution < -0.4 is 5.32 Å². The van der Waals surface area contributed by atoms with E-state index in [2.05, 4.69) is 26.1 Å². The minimum absolute atomic E-state index is 0.0256. The van der Waals surface area contributed by atoms with Crippen LogP contribution in [0.1, 0.15) is 52.0 Å². The van der Waals surface area contributed by atoms with Gasteiger partial charge < -0.3 is 10.4 Å². The highest BCUT2D eigenvalue weighted by molar-refractivity contribution is 5.77. The van der Waals surface area contributed by atoms with Crippen LogP contribution in [-0.4, -0.2) is 23.7 Å². The summed E-state index contributed by atoms with van der Waals surface area (Å²) in [6.45, 7) is 7.92. The summed E-state index contributed by atoms with van der Waals surface area (Å²) in [5.74, 6) is -0.638. The van der Waals surface area contributed by atoms with E-state index in [0.717, 1.165) is 0 Å². The van der Waals surface area contributed by atoms with Gasteiger partial charge in [0, 0.05) is 6.42 Å². The Kier molecular flexibility index (Phi) is 6.34. The molecular weight excluding hydrogens is 269 g/mol. The quantitative estimate of drug-likeness (QED) is 0.846. The van der Waals surface area contributed by atoms with Gasteiger partial charge in [0.2, 0.25) is 5.91 Å². The van der Waals surface area contributed by atoms with E-state index in [1.807, 2.05) is 6.92 Å². The van der Waals surface area contributed by atoms with Crippen LogP contribution >= 0.6 is 0 Å². The first-order valence-corrected chi connectivity index (χ1v) is 7.37. The summed E-state index contributed by atoms with van der Waals surface area (Å²) < 4.78 is 13.7. The number of hydrogen-bond acceptors (Lipinski definition) is 2. The second kappa shape index (κ2) is 7.55. The standard InChI is InChI=1S/C17H26FNO2/c1-12(14-7-5-6-8-15(14)18)9-16(21)19-13(11-20)10-17(2,3)4/h5-8,12-13,20H,9-11H2,1-4H3,(H,19,21). The maximum atomic E-state index is 13.7. The van der Waals surface area contributed by atoms with Crippen LogP contribution in [0.25, 0.3) is 0 Å².